The third-order valence-corrected chi connectivity index (χ3v) is 5.31. The Balaban J connectivity index is 1.86. The molecule has 114 valence electrons. The summed E-state index contributed by atoms with van der Waals surface area (Å²) < 4.78 is 13.3. The second-order valence-electron chi connectivity index (χ2n) is 6.57. The third kappa shape index (κ3) is 2.03. The molecule has 2 nitrogen and oxygen atoms in total. The molecule has 1 N–H and O–H groups in total. The van der Waals surface area contributed by atoms with Crippen molar-refractivity contribution in [2.45, 2.75) is 24.8 Å². The van der Waals surface area contributed by atoms with Crippen LogP contribution in [0, 0.1) is 11.7 Å². The standard InChI is InChI=1S/C19H20FNO/c1-21-10-2-3-16-18(12-4-6-13(20)7-5-12)15-9-8-14(22)11-17(15)19(16)21/h4-9,11,16,18-19,22H,2-3,10H2,1H3. The lowest BCUT2D eigenvalue weighted by Gasteiger charge is -2.37. The van der Waals surface area contributed by atoms with Gasteiger partial charge in [-0.1, -0.05) is 18.2 Å². The van der Waals surface area contributed by atoms with Crippen molar-refractivity contribution in [3.63, 3.8) is 0 Å². The number of nitrogens with zero attached hydrogens (tertiary/aromatic N) is 1. The molecule has 0 amide bonds. The van der Waals surface area contributed by atoms with Gasteiger partial charge in [0.25, 0.3) is 0 Å². The molecule has 0 aromatic heterocycles. The number of phenols is 1. The molecule has 0 radical (unpaired) electrons. The average Bonchev–Trinajstić information content (AvgIpc) is 2.83. The maximum atomic E-state index is 13.3. The van der Waals surface area contributed by atoms with E-state index >= 15 is 0 Å². The highest BCUT2D eigenvalue weighted by Crippen LogP contribution is 2.54. The summed E-state index contributed by atoms with van der Waals surface area (Å²) in [6.07, 6.45) is 2.36. The number of halogens is 1. The van der Waals surface area contributed by atoms with Crippen LogP contribution >= 0.6 is 0 Å². The van der Waals surface area contributed by atoms with Crippen molar-refractivity contribution in [2.24, 2.45) is 5.92 Å². The lowest BCUT2D eigenvalue weighted by atomic mass is 9.80. The monoisotopic (exact) mass is 297 g/mol. The normalized spacial score (nSPS) is 27.5. The molecule has 2 aliphatic rings. The number of phenolic OH excluding ortho intramolecular Hbond substituents is 1. The maximum Gasteiger partial charge on any atom is 0.123 e. The first-order valence-corrected chi connectivity index (χ1v) is 7.93. The van der Waals surface area contributed by atoms with E-state index in [0.717, 1.165) is 6.54 Å². The van der Waals surface area contributed by atoms with E-state index in [1.807, 2.05) is 24.3 Å². The number of piperidine rings is 1. The number of aromatic hydroxyl groups is 1. The van der Waals surface area contributed by atoms with E-state index in [0.29, 0.717) is 23.6 Å². The van der Waals surface area contributed by atoms with Crippen molar-refractivity contribution in [2.75, 3.05) is 13.6 Å². The van der Waals surface area contributed by atoms with Crippen LogP contribution in [0.3, 0.4) is 0 Å². The molecule has 1 fully saturated rings. The van der Waals surface area contributed by atoms with Crippen molar-refractivity contribution in [3.05, 3.63) is 65.0 Å². The molecule has 1 saturated heterocycles. The second-order valence-corrected chi connectivity index (χ2v) is 6.57. The molecule has 3 unspecified atom stereocenters. The zero-order chi connectivity index (χ0) is 15.3. The minimum atomic E-state index is -0.190. The van der Waals surface area contributed by atoms with Crippen LogP contribution in [0.15, 0.2) is 42.5 Å². The maximum absolute atomic E-state index is 13.3. The van der Waals surface area contributed by atoms with Crippen molar-refractivity contribution >= 4 is 0 Å². The Morgan fingerprint density at radius 2 is 1.86 bits per heavy atom. The van der Waals surface area contributed by atoms with Gasteiger partial charge in [-0.2, -0.15) is 0 Å². The summed E-state index contributed by atoms with van der Waals surface area (Å²) in [5.74, 6) is 0.936. The first-order valence-electron chi connectivity index (χ1n) is 7.93. The topological polar surface area (TPSA) is 23.5 Å². The fraction of sp³-hybridized carbons (Fsp3) is 0.368. The van der Waals surface area contributed by atoms with Crippen LogP contribution in [0.25, 0.3) is 0 Å². The van der Waals surface area contributed by atoms with E-state index < -0.39 is 0 Å². The molecule has 3 atom stereocenters. The van der Waals surface area contributed by atoms with Crippen molar-refractivity contribution in [1.29, 1.82) is 0 Å². The van der Waals surface area contributed by atoms with Crippen LogP contribution in [-0.4, -0.2) is 23.6 Å². The fourth-order valence-corrected chi connectivity index (χ4v) is 4.45. The molecule has 0 bridgehead atoms. The SMILES string of the molecule is CN1CCCC2C(c3ccc(F)cc3)c3ccc(O)cc3C21. The molecule has 4 rings (SSSR count). The van der Waals surface area contributed by atoms with Crippen LogP contribution in [0.5, 0.6) is 5.75 Å². The number of rotatable bonds is 1. The Morgan fingerprint density at radius 1 is 1.09 bits per heavy atom. The fourth-order valence-electron chi connectivity index (χ4n) is 4.45. The highest BCUT2D eigenvalue weighted by molar-refractivity contribution is 5.49. The van der Waals surface area contributed by atoms with Gasteiger partial charge in [0.2, 0.25) is 0 Å². The summed E-state index contributed by atoms with van der Waals surface area (Å²) in [6, 6.07) is 13.0. The van der Waals surface area contributed by atoms with Gasteiger partial charge in [0.1, 0.15) is 11.6 Å². The molecule has 0 spiro atoms. The summed E-state index contributed by atoms with van der Waals surface area (Å²) in [7, 11) is 2.16. The quantitative estimate of drug-likeness (QED) is 0.858. The highest BCUT2D eigenvalue weighted by atomic mass is 19.1. The molecule has 0 saturated carbocycles. The Hall–Kier alpha value is -1.87. The van der Waals surface area contributed by atoms with E-state index in [-0.39, 0.29) is 5.82 Å². The zero-order valence-electron chi connectivity index (χ0n) is 12.7. The largest absolute Gasteiger partial charge is 0.508 e. The van der Waals surface area contributed by atoms with E-state index in [2.05, 4.69) is 11.9 Å². The summed E-state index contributed by atoms with van der Waals surface area (Å²) >= 11 is 0. The summed E-state index contributed by atoms with van der Waals surface area (Å²) in [6.45, 7) is 1.09. The molecule has 1 aliphatic carbocycles. The molecule has 1 aliphatic heterocycles. The minimum Gasteiger partial charge on any atom is -0.508 e. The number of hydrogen-bond donors (Lipinski definition) is 1. The predicted molar refractivity (Wildman–Crippen MR) is 84.4 cm³/mol. The second kappa shape index (κ2) is 5.10. The van der Waals surface area contributed by atoms with Gasteiger partial charge < -0.3 is 5.11 Å². The van der Waals surface area contributed by atoms with Gasteiger partial charge in [-0.05, 0) is 73.3 Å². The van der Waals surface area contributed by atoms with Crippen molar-refractivity contribution in [1.82, 2.24) is 4.90 Å². The van der Waals surface area contributed by atoms with Crippen molar-refractivity contribution < 1.29 is 9.50 Å². The smallest absolute Gasteiger partial charge is 0.123 e. The van der Waals surface area contributed by atoms with E-state index in [9.17, 15) is 9.50 Å². The molecular formula is C19H20FNO. The summed E-state index contributed by atoms with van der Waals surface area (Å²) in [5.41, 5.74) is 3.70. The van der Waals surface area contributed by atoms with Gasteiger partial charge in [-0.15, -0.1) is 0 Å². The van der Waals surface area contributed by atoms with Gasteiger partial charge in [0.05, 0.1) is 0 Å². The van der Waals surface area contributed by atoms with E-state index in [1.54, 1.807) is 18.2 Å². The van der Waals surface area contributed by atoms with E-state index in [4.69, 9.17) is 0 Å². The Morgan fingerprint density at radius 3 is 2.64 bits per heavy atom. The first-order chi connectivity index (χ1) is 10.6. The number of fused-ring (bicyclic) bond motifs is 3. The Kier molecular flexibility index (Phi) is 3.19. The Labute approximate surface area is 130 Å². The number of benzene rings is 2. The van der Waals surface area contributed by atoms with Crippen molar-refractivity contribution in [3.8, 4) is 5.75 Å². The van der Waals surface area contributed by atoms with Crippen LogP contribution in [0.2, 0.25) is 0 Å². The van der Waals surface area contributed by atoms with E-state index in [1.165, 1.54) is 29.5 Å². The van der Waals surface area contributed by atoms with Gasteiger partial charge in [0.15, 0.2) is 0 Å². The minimum absolute atomic E-state index is 0.190. The predicted octanol–water partition coefficient (Wildman–Crippen LogP) is 4.06. The Bertz CT molecular complexity index is 697. The van der Waals surface area contributed by atoms with Gasteiger partial charge in [0, 0.05) is 12.0 Å². The molecule has 2 aromatic rings. The lowest BCUT2D eigenvalue weighted by Crippen LogP contribution is -2.34. The molecule has 2 aromatic carbocycles. The van der Waals surface area contributed by atoms with Crippen LogP contribution in [0.1, 0.15) is 41.5 Å². The average molecular weight is 297 g/mol. The van der Waals surface area contributed by atoms with Gasteiger partial charge >= 0.3 is 0 Å². The highest BCUT2D eigenvalue weighted by Gasteiger charge is 2.44. The summed E-state index contributed by atoms with van der Waals surface area (Å²) in [5, 5.41) is 9.90. The van der Waals surface area contributed by atoms with Crippen LogP contribution in [0.4, 0.5) is 4.39 Å². The summed E-state index contributed by atoms with van der Waals surface area (Å²) in [4.78, 5) is 2.40. The lowest BCUT2D eigenvalue weighted by molar-refractivity contribution is 0.126. The van der Waals surface area contributed by atoms with Gasteiger partial charge in [-0.3, -0.25) is 4.90 Å². The van der Waals surface area contributed by atoms with Crippen LogP contribution < -0.4 is 0 Å². The molecule has 22 heavy (non-hydrogen) atoms. The number of likely N-dealkylation sites (tertiary alicyclic amines) is 1. The third-order valence-electron chi connectivity index (χ3n) is 5.31. The van der Waals surface area contributed by atoms with Crippen LogP contribution in [-0.2, 0) is 0 Å². The molecular weight excluding hydrogens is 277 g/mol. The molecule has 1 heterocycles. The first kappa shape index (κ1) is 13.8. The van der Waals surface area contributed by atoms with Gasteiger partial charge in [-0.25, -0.2) is 4.39 Å². The molecule has 3 heteroatoms. The zero-order valence-corrected chi connectivity index (χ0v) is 12.7. The number of hydrogen-bond acceptors (Lipinski definition) is 2.